The van der Waals surface area contributed by atoms with Crippen molar-refractivity contribution in [2.24, 2.45) is 0 Å². The monoisotopic (exact) mass is 444 g/mol. The maximum Gasteiger partial charge on any atom is 0.308 e. The van der Waals surface area contributed by atoms with E-state index < -0.39 is 0 Å². The number of ether oxygens (including phenoxy) is 3. The van der Waals surface area contributed by atoms with Gasteiger partial charge in [0.1, 0.15) is 17.7 Å². The highest BCUT2D eigenvalue weighted by Crippen LogP contribution is 2.33. The van der Waals surface area contributed by atoms with Gasteiger partial charge in [0.2, 0.25) is 0 Å². The first-order valence-corrected chi connectivity index (χ1v) is 11.3. The van der Waals surface area contributed by atoms with Gasteiger partial charge in [-0.25, -0.2) is 4.39 Å². The molecule has 1 aliphatic rings. The van der Waals surface area contributed by atoms with Gasteiger partial charge in [0, 0.05) is 24.8 Å². The molecule has 0 amide bonds. The zero-order valence-electron chi connectivity index (χ0n) is 18.9. The Morgan fingerprint density at radius 1 is 1.22 bits per heavy atom. The first kappa shape index (κ1) is 23.9. The van der Waals surface area contributed by atoms with Crippen molar-refractivity contribution in [2.45, 2.75) is 39.2 Å². The Bertz CT molecular complexity index is 860. The number of halogens is 1. The molecule has 1 N–H and O–H groups in total. The van der Waals surface area contributed by atoms with Gasteiger partial charge < -0.3 is 24.4 Å². The van der Waals surface area contributed by atoms with E-state index in [0.29, 0.717) is 32.0 Å². The number of hydrogen-bond acceptors (Lipinski definition) is 6. The van der Waals surface area contributed by atoms with Gasteiger partial charge >= 0.3 is 5.97 Å². The van der Waals surface area contributed by atoms with E-state index in [1.807, 2.05) is 6.92 Å². The summed E-state index contributed by atoms with van der Waals surface area (Å²) >= 11 is 0. The summed E-state index contributed by atoms with van der Waals surface area (Å²) < 4.78 is 29.6. The highest BCUT2D eigenvalue weighted by molar-refractivity contribution is 5.69. The molecule has 0 aromatic heterocycles. The van der Waals surface area contributed by atoms with Crippen molar-refractivity contribution in [2.75, 3.05) is 49.7 Å². The number of carbonyl (C=O) groups is 1. The molecule has 0 radical (unpaired) electrons. The minimum Gasteiger partial charge on any atom is -0.487 e. The predicted octanol–water partition coefficient (Wildman–Crippen LogP) is 4.43. The molecule has 0 bridgehead atoms. The number of benzene rings is 2. The fourth-order valence-electron chi connectivity index (χ4n) is 3.69. The van der Waals surface area contributed by atoms with Crippen LogP contribution in [0.1, 0.15) is 32.3 Å². The van der Waals surface area contributed by atoms with Crippen LogP contribution >= 0.6 is 0 Å². The molecule has 1 aliphatic heterocycles. The first-order chi connectivity index (χ1) is 15.5. The first-order valence-electron chi connectivity index (χ1n) is 11.3. The van der Waals surface area contributed by atoms with E-state index in [1.54, 1.807) is 13.0 Å². The summed E-state index contributed by atoms with van der Waals surface area (Å²) in [7, 11) is 0. The number of fused-ring (bicyclic) bond motifs is 1. The van der Waals surface area contributed by atoms with Crippen LogP contribution in [0.5, 0.6) is 5.75 Å². The summed E-state index contributed by atoms with van der Waals surface area (Å²) in [5.74, 6) is 0.132. The fraction of sp³-hybridized carbons (Fsp3) is 0.480. The van der Waals surface area contributed by atoms with Gasteiger partial charge in [0.05, 0.1) is 38.5 Å². The van der Waals surface area contributed by atoms with E-state index in [1.165, 1.54) is 17.7 Å². The average Bonchev–Trinajstić information content (AvgIpc) is 2.77. The number of carbonyl (C=O) groups excluding carboxylic acids is 1. The molecule has 6 nitrogen and oxygen atoms in total. The Morgan fingerprint density at radius 2 is 2.03 bits per heavy atom. The van der Waals surface area contributed by atoms with Gasteiger partial charge in [0.25, 0.3) is 0 Å². The van der Waals surface area contributed by atoms with Gasteiger partial charge in [0.15, 0.2) is 0 Å². The molecule has 2 aromatic carbocycles. The highest BCUT2D eigenvalue weighted by Gasteiger charge is 2.22. The second-order valence-corrected chi connectivity index (χ2v) is 7.88. The second kappa shape index (κ2) is 12.3. The number of nitrogens with zero attached hydrogens (tertiary/aromatic N) is 1. The summed E-state index contributed by atoms with van der Waals surface area (Å²) in [6.45, 7) is 7.70. The summed E-state index contributed by atoms with van der Waals surface area (Å²) in [4.78, 5) is 13.5. The zero-order valence-corrected chi connectivity index (χ0v) is 18.9. The van der Waals surface area contributed by atoms with E-state index in [4.69, 9.17) is 14.2 Å². The molecule has 1 atom stereocenters. The standard InChI is InChI=1S/C25H33FN2O4/c1-3-31-25(29)12-16-30-15-11-20-5-8-22(9-6-20)27-13-4-14-28-18-19(2)32-24-17-21(26)7-10-23(24)28/h5-10,17,19,27H,3-4,11-16,18H2,1-2H3. The fourth-order valence-corrected chi connectivity index (χ4v) is 3.69. The maximum atomic E-state index is 13.5. The van der Waals surface area contributed by atoms with E-state index in [2.05, 4.69) is 34.5 Å². The predicted molar refractivity (Wildman–Crippen MR) is 124 cm³/mol. The van der Waals surface area contributed by atoms with Crippen molar-refractivity contribution in [3.8, 4) is 5.75 Å². The Hall–Kier alpha value is -2.80. The van der Waals surface area contributed by atoms with E-state index >= 15 is 0 Å². The lowest BCUT2D eigenvalue weighted by Crippen LogP contribution is -2.39. The largest absolute Gasteiger partial charge is 0.487 e. The van der Waals surface area contributed by atoms with Gasteiger partial charge in [-0.3, -0.25) is 4.79 Å². The molecule has 1 unspecified atom stereocenters. The molecule has 0 aliphatic carbocycles. The van der Waals surface area contributed by atoms with Crippen LogP contribution in [0.4, 0.5) is 15.8 Å². The summed E-state index contributed by atoms with van der Waals surface area (Å²) in [6, 6.07) is 13.1. The lowest BCUT2D eigenvalue weighted by atomic mass is 10.1. The normalized spacial score (nSPS) is 15.1. The Labute approximate surface area is 189 Å². The van der Waals surface area contributed by atoms with Gasteiger partial charge in [-0.15, -0.1) is 0 Å². The molecule has 32 heavy (non-hydrogen) atoms. The van der Waals surface area contributed by atoms with Crippen LogP contribution in [0.2, 0.25) is 0 Å². The summed E-state index contributed by atoms with van der Waals surface area (Å²) in [5, 5.41) is 3.46. The lowest BCUT2D eigenvalue weighted by molar-refractivity contribution is -0.144. The molecular formula is C25H33FN2O4. The van der Waals surface area contributed by atoms with Crippen molar-refractivity contribution in [3.63, 3.8) is 0 Å². The highest BCUT2D eigenvalue weighted by atomic mass is 19.1. The number of anilines is 2. The summed E-state index contributed by atoms with van der Waals surface area (Å²) in [5.41, 5.74) is 3.23. The molecule has 0 saturated carbocycles. The van der Waals surface area contributed by atoms with Crippen LogP contribution in [0.15, 0.2) is 42.5 Å². The molecule has 2 aromatic rings. The molecule has 3 rings (SSSR count). The minimum absolute atomic E-state index is 0.0407. The van der Waals surface area contributed by atoms with Crippen LogP contribution in [-0.4, -0.2) is 51.5 Å². The summed E-state index contributed by atoms with van der Waals surface area (Å²) in [6.07, 6.45) is 2.10. The third kappa shape index (κ3) is 7.41. The van der Waals surface area contributed by atoms with Gasteiger partial charge in [-0.2, -0.15) is 0 Å². The third-order valence-corrected chi connectivity index (χ3v) is 5.25. The topological polar surface area (TPSA) is 60.0 Å². The third-order valence-electron chi connectivity index (χ3n) is 5.25. The minimum atomic E-state index is -0.272. The van der Waals surface area contributed by atoms with Gasteiger partial charge in [-0.05, 0) is 56.5 Å². The van der Waals surface area contributed by atoms with Gasteiger partial charge in [-0.1, -0.05) is 12.1 Å². The maximum absolute atomic E-state index is 13.5. The van der Waals surface area contributed by atoms with Crippen LogP contribution < -0.4 is 15.0 Å². The van der Waals surface area contributed by atoms with E-state index in [0.717, 1.165) is 43.9 Å². The molecule has 0 saturated heterocycles. The van der Waals surface area contributed by atoms with Crippen LogP contribution in [0.3, 0.4) is 0 Å². The smallest absolute Gasteiger partial charge is 0.308 e. The molecular weight excluding hydrogens is 411 g/mol. The number of rotatable bonds is 12. The Morgan fingerprint density at radius 3 is 2.81 bits per heavy atom. The molecule has 174 valence electrons. The van der Waals surface area contributed by atoms with Crippen molar-refractivity contribution < 1.29 is 23.4 Å². The Balaban J connectivity index is 1.34. The van der Waals surface area contributed by atoms with Crippen molar-refractivity contribution in [1.29, 1.82) is 0 Å². The SMILES string of the molecule is CCOC(=O)CCOCCc1ccc(NCCCN2CC(C)Oc3cc(F)ccc32)cc1. The quantitative estimate of drug-likeness (QED) is 0.386. The molecule has 1 heterocycles. The van der Waals surface area contributed by atoms with Crippen LogP contribution in [0.25, 0.3) is 0 Å². The molecule has 0 fully saturated rings. The molecule has 7 heteroatoms. The number of nitrogens with one attached hydrogen (secondary N) is 1. The zero-order chi connectivity index (χ0) is 22.8. The number of esters is 1. The van der Waals surface area contributed by atoms with Crippen molar-refractivity contribution in [1.82, 2.24) is 0 Å². The van der Waals surface area contributed by atoms with Crippen LogP contribution in [0, 0.1) is 5.82 Å². The van der Waals surface area contributed by atoms with E-state index in [9.17, 15) is 9.18 Å². The van der Waals surface area contributed by atoms with Crippen LogP contribution in [-0.2, 0) is 20.7 Å². The lowest BCUT2D eigenvalue weighted by Gasteiger charge is -2.35. The van der Waals surface area contributed by atoms with Crippen molar-refractivity contribution >= 4 is 17.3 Å². The Kier molecular flexibility index (Phi) is 9.16. The van der Waals surface area contributed by atoms with Crippen molar-refractivity contribution in [3.05, 3.63) is 53.8 Å². The van der Waals surface area contributed by atoms with E-state index in [-0.39, 0.29) is 17.9 Å². The molecule has 0 spiro atoms. The average molecular weight is 445 g/mol. The number of hydrogen-bond donors (Lipinski definition) is 1. The second-order valence-electron chi connectivity index (χ2n) is 7.88.